The largest absolute Gasteiger partial charge is 0.394 e. The molecule has 2 unspecified atom stereocenters. The summed E-state index contributed by atoms with van der Waals surface area (Å²) in [4.78, 5) is 12.9. The first-order valence-electron chi connectivity index (χ1n) is 20.7. The van der Waals surface area contributed by atoms with Crippen molar-refractivity contribution in [1.29, 1.82) is 0 Å². The number of amides is 1. The molecule has 0 spiro atoms. The van der Waals surface area contributed by atoms with Crippen molar-refractivity contribution in [2.75, 3.05) is 13.2 Å². The minimum atomic E-state index is -1.55. The molecule has 1 heterocycles. The summed E-state index contributed by atoms with van der Waals surface area (Å²) in [7, 11) is 0. The van der Waals surface area contributed by atoms with E-state index in [2.05, 4.69) is 19.2 Å². The average molecular weight is 702 g/mol. The molecule has 1 saturated heterocycles. The number of ether oxygens (including phenoxy) is 2. The van der Waals surface area contributed by atoms with Crippen LogP contribution < -0.4 is 5.32 Å². The first-order chi connectivity index (χ1) is 23.8. The van der Waals surface area contributed by atoms with Crippen LogP contribution in [0.3, 0.4) is 0 Å². The van der Waals surface area contributed by atoms with Gasteiger partial charge in [-0.1, -0.05) is 174 Å². The molecule has 7 atom stereocenters. The summed E-state index contributed by atoms with van der Waals surface area (Å²) in [5, 5.41) is 54.1. The monoisotopic (exact) mass is 702 g/mol. The summed E-state index contributed by atoms with van der Waals surface area (Å²) in [5.41, 5.74) is 0. The fourth-order valence-corrected chi connectivity index (χ4v) is 6.81. The molecule has 9 heteroatoms. The van der Waals surface area contributed by atoms with E-state index in [1.807, 2.05) is 0 Å². The van der Waals surface area contributed by atoms with Crippen molar-refractivity contribution in [3.8, 4) is 0 Å². The summed E-state index contributed by atoms with van der Waals surface area (Å²) in [6.07, 6.45) is 25.3. The molecule has 0 aliphatic carbocycles. The molecule has 9 nitrogen and oxygen atoms in total. The molecule has 0 saturated carbocycles. The van der Waals surface area contributed by atoms with Crippen LogP contribution in [0.25, 0.3) is 0 Å². The Kier molecular flexibility index (Phi) is 30.1. The Morgan fingerprint density at radius 2 is 1.02 bits per heavy atom. The second kappa shape index (κ2) is 31.9. The zero-order chi connectivity index (χ0) is 36.0. The van der Waals surface area contributed by atoms with Gasteiger partial charge >= 0.3 is 0 Å². The molecule has 0 bridgehead atoms. The Morgan fingerprint density at radius 3 is 1.45 bits per heavy atom. The summed E-state index contributed by atoms with van der Waals surface area (Å²) in [6, 6.07) is -0.709. The molecule has 1 fully saturated rings. The molecule has 0 radical (unpaired) electrons. The number of hydrogen-bond acceptors (Lipinski definition) is 8. The lowest BCUT2D eigenvalue weighted by atomic mass is 9.99. The maximum absolute atomic E-state index is 12.9. The lowest BCUT2D eigenvalue weighted by molar-refractivity contribution is -0.302. The van der Waals surface area contributed by atoms with Crippen LogP contribution in [-0.4, -0.2) is 87.5 Å². The van der Waals surface area contributed by atoms with E-state index in [1.54, 1.807) is 0 Å². The Balaban J connectivity index is 2.36. The lowest BCUT2D eigenvalue weighted by Crippen LogP contribution is -2.60. The van der Waals surface area contributed by atoms with Crippen molar-refractivity contribution >= 4 is 5.91 Å². The highest BCUT2D eigenvalue weighted by molar-refractivity contribution is 5.76. The molecule has 0 aromatic rings. The Bertz CT molecular complexity index is 741. The number of aliphatic hydroxyl groups is 5. The molecule has 1 aliphatic heterocycles. The van der Waals surface area contributed by atoms with E-state index in [0.717, 1.165) is 38.5 Å². The van der Waals surface area contributed by atoms with E-state index in [0.29, 0.717) is 12.8 Å². The molecule has 1 amide bonds. The zero-order valence-corrected chi connectivity index (χ0v) is 31.7. The van der Waals surface area contributed by atoms with E-state index in [4.69, 9.17) is 9.47 Å². The predicted octanol–water partition coefficient (Wildman–Crippen LogP) is 7.61. The molecular weight excluding hydrogens is 622 g/mol. The highest BCUT2D eigenvalue weighted by Crippen LogP contribution is 2.23. The SMILES string of the molecule is CCCCCCCCCCCCCCCCCC(=O)N[C@@H](CO[C@@H]1O[C@H](CO)[C@H](O)C(O)C1O)[C@H](O)CCCCCCCCCCCCC. The van der Waals surface area contributed by atoms with Crippen LogP contribution in [-0.2, 0) is 14.3 Å². The van der Waals surface area contributed by atoms with Crippen molar-refractivity contribution in [3.63, 3.8) is 0 Å². The van der Waals surface area contributed by atoms with Gasteiger partial charge in [0.2, 0.25) is 5.91 Å². The number of carbonyl (C=O) groups excluding carboxylic acids is 1. The third-order valence-electron chi connectivity index (χ3n) is 10.2. The second-order valence-corrected chi connectivity index (χ2v) is 14.8. The Labute approximate surface area is 300 Å². The van der Waals surface area contributed by atoms with E-state index < -0.39 is 49.5 Å². The summed E-state index contributed by atoms with van der Waals surface area (Å²) in [6.45, 7) is 3.82. The number of hydrogen-bond donors (Lipinski definition) is 6. The predicted molar refractivity (Wildman–Crippen MR) is 198 cm³/mol. The van der Waals surface area contributed by atoms with Crippen molar-refractivity contribution in [2.24, 2.45) is 0 Å². The number of aliphatic hydroxyl groups excluding tert-OH is 5. The quantitative estimate of drug-likeness (QED) is 0.0376. The highest BCUT2D eigenvalue weighted by Gasteiger charge is 2.44. The van der Waals surface area contributed by atoms with Crippen LogP contribution >= 0.6 is 0 Å². The smallest absolute Gasteiger partial charge is 0.220 e. The molecular formula is C40H79NO8. The fourth-order valence-electron chi connectivity index (χ4n) is 6.81. The number of rotatable bonds is 34. The minimum Gasteiger partial charge on any atom is -0.394 e. The van der Waals surface area contributed by atoms with Gasteiger partial charge in [0.15, 0.2) is 6.29 Å². The molecule has 292 valence electrons. The molecule has 0 aromatic heterocycles. The van der Waals surface area contributed by atoms with Gasteiger partial charge in [-0.25, -0.2) is 0 Å². The zero-order valence-electron chi connectivity index (χ0n) is 31.7. The van der Waals surface area contributed by atoms with Crippen LogP contribution in [0.1, 0.15) is 194 Å². The second-order valence-electron chi connectivity index (χ2n) is 14.8. The molecule has 0 aromatic carbocycles. The molecule has 1 rings (SSSR count). The standard InChI is InChI=1S/C40H79NO8/c1-3-5-7-9-11-13-15-16-17-18-20-22-24-26-28-30-36(44)41-33(32-48-40-39(47)38(46)37(45)35(31-42)49-40)34(43)29-27-25-23-21-19-14-12-10-8-6-4-2/h33-35,37-40,42-43,45-47H,3-32H2,1-2H3,(H,41,44)/t33-,34+,35+,37-,38?,39?,40+/m0/s1. The summed E-state index contributed by atoms with van der Waals surface area (Å²) >= 11 is 0. The van der Waals surface area contributed by atoms with Crippen molar-refractivity contribution < 1.29 is 39.8 Å². The van der Waals surface area contributed by atoms with Crippen LogP contribution in [0.4, 0.5) is 0 Å². The minimum absolute atomic E-state index is 0.132. The highest BCUT2D eigenvalue weighted by atomic mass is 16.7. The fraction of sp³-hybridized carbons (Fsp3) is 0.975. The van der Waals surface area contributed by atoms with E-state index in [1.165, 1.54) is 128 Å². The first kappa shape index (κ1) is 46.2. The van der Waals surface area contributed by atoms with Crippen LogP contribution in [0, 0.1) is 0 Å². The van der Waals surface area contributed by atoms with Crippen molar-refractivity contribution in [2.45, 2.75) is 236 Å². The van der Waals surface area contributed by atoms with Crippen molar-refractivity contribution in [1.82, 2.24) is 5.32 Å². The maximum atomic E-state index is 12.9. The average Bonchev–Trinajstić information content (AvgIpc) is 3.10. The Morgan fingerprint density at radius 1 is 0.612 bits per heavy atom. The van der Waals surface area contributed by atoms with Gasteiger partial charge in [-0.15, -0.1) is 0 Å². The van der Waals surface area contributed by atoms with E-state index in [9.17, 15) is 30.3 Å². The summed E-state index contributed by atoms with van der Waals surface area (Å²) in [5.74, 6) is -0.143. The molecule has 1 aliphatic rings. The summed E-state index contributed by atoms with van der Waals surface area (Å²) < 4.78 is 11.2. The van der Waals surface area contributed by atoms with Crippen LogP contribution in [0.5, 0.6) is 0 Å². The van der Waals surface area contributed by atoms with Gasteiger partial charge in [0.25, 0.3) is 0 Å². The third-order valence-corrected chi connectivity index (χ3v) is 10.2. The van der Waals surface area contributed by atoms with Gasteiger partial charge in [-0.3, -0.25) is 4.79 Å². The van der Waals surface area contributed by atoms with Crippen LogP contribution in [0.15, 0.2) is 0 Å². The van der Waals surface area contributed by atoms with E-state index in [-0.39, 0.29) is 12.5 Å². The maximum Gasteiger partial charge on any atom is 0.220 e. The molecule has 6 N–H and O–H groups in total. The van der Waals surface area contributed by atoms with Crippen molar-refractivity contribution in [3.05, 3.63) is 0 Å². The van der Waals surface area contributed by atoms with Gasteiger partial charge in [0.1, 0.15) is 24.4 Å². The molecule has 49 heavy (non-hydrogen) atoms. The number of unbranched alkanes of at least 4 members (excludes halogenated alkanes) is 24. The third kappa shape index (κ3) is 23.4. The lowest BCUT2D eigenvalue weighted by Gasteiger charge is -2.40. The van der Waals surface area contributed by atoms with Gasteiger partial charge in [0.05, 0.1) is 25.4 Å². The number of carbonyl (C=O) groups is 1. The van der Waals surface area contributed by atoms with Gasteiger partial charge in [-0.05, 0) is 12.8 Å². The van der Waals surface area contributed by atoms with Gasteiger partial charge in [0, 0.05) is 6.42 Å². The van der Waals surface area contributed by atoms with Gasteiger partial charge in [-0.2, -0.15) is 0 Å². The normalized spacial score (nSPS) is 22.3. The Hall–Kier alpha value is -0.810. The van der Waals surface area contributed by atoms with E-state index >= 15 is 0 Å². The topological polar surface area (TPSA) is 149 Å². The number of nitrogens with one attached hydrogen (secondary N) is 1. The van der Waals surface area contributed by atoms with Crippen LogP contribution in [0.2, 0.25) is 0 Å². The first-order valence-corrected chi connectivity index (χ1v) is 20.7. The van der Waals surface area contributed by atoms with Gasteiger partial charge < -0.3 is 40.3 Å².